The van der Waals surface area contributed by atoms with Crippen molar-refractivity contribution in [2.24, 2.45) is 5.92 Å². The monoisotopic (exact) mass is 215 g/mol. The Morgan fingerprint density at radius 3 is 2.64 bits per heavy atom. The first-order chi connectivity index (χ1) is 6.81. The Hall–Kier alpha value is 0.390. The predicted molar refractivity (Wildman–Crippen MR) is 67.6 cm³/mol. The van der Waals surface area contributed by atoms with E-state index in [-0.39, 0.29) is 0 Å². The lowest BCUT2D eigenvalue weighted by Crippen LogP contribution is -2.28. The fourth-order valence-electron chi connectivity index (χ4n) is 2.59. The molecule has 0 aromatic rings. The highest BCUT2D eigenvalue weighted by Gasteiger charge is 2.22. The molecule has 2 atom stereocenters. The zero-order valence-electron chi connectivity index (χ0n) is 9.84. The Bertz CT molecular complexity index is 145. The number of hydrogen-bond donors (Lipinski definition) is 0. The second-order valence-electron chi connectivity index (χ2n) is 4.55. The van der Waals surface area contributed by atoms with Crippen LogP contribution in [0.4, 0.5) is 0 Å². The van der Waals surface area contributed by atoms with Crippen molar-refractivity contribution in [2.75, 3.05) is 12.8 Å². The molecule has 0 aromatic heterocycles. The summed E-state index contributed by atoms with van der Waals surface area (Å²) in [5.41, 5.74) is 0. The second-order valence-corrected chi connectivity index (χ2v) is 4.92. The molecule has 0 bridgehead atoms. The molecule has 1 nitrogen and oxygen atoms in total. The summed E-state index contributed by atoms with van der Waals surface area (Å²) in [5.74, 6) is 0.974. The first-order valence-electron chi connectivity index (χ1n) is 6.25. The van der Waals surface area contributed by atoms with E-state index in [2.05, 4.69) is 28.0 Å². The third-order valence-corrected chi connectivity index (χ3v) is 4.27. The van der Waals surface area contributed by atoms with E-state index in [1.165, 1.54) is 51.4 Å². The molecule has 1 rings (SSSR count). The van der Waals surface area contributed by atoms with Gasteiger partial charge in [-0.05, 0) is 38.1 Å². The maximum absolute atomic E-state index is 2.87. The summed E-state index contributed by atoms with van der Waals surface area (Å²) in [5, 5.41) is 0. The fraction of sp³-hybridized carbons (Fsp3) is 1.00. The number of nitrogens with zero attached hydrogens (tertiary/aromatic N) is 1. The van der Waals surface area contributed by atoms with Gasteiger partial charge in [0.05, 0.1) is 0 Å². The average Bonchev–Trinajstić information content (AvgIpc) is 2.67. The minimum Gasteiger partial charge on any atom is -0.297 e. The van der Waals surface area contributed by atoms with Crippen LogP contribution >= 0.6 is 9.24 Å². The molecule has 0 radical (unpaired) electrons. The van der Waals surface area contributed by atoms with Gasteiger partial charge in [0.2, 0.25) is 0 Å². The Balaban J connectivity index is 2.22. The molecule has 14 heavy (non-hydrogen) atoms. The standard InChI is InChI=1S/C12H26NP/c1-3-11(4-2)7-8-12-6-5-9-13(12)10-14/h11-12H,3-10,14H2,1-2H3. The summed E-state index contributed by atoms with van der Waals surface area (Å²) >= 11 is 0. The van der Waals surface area contributed by atoms with Crippen molar-refractivity contribution in [2.45, 2.75) is 58.4 Å². The quantitative estimate of drug-likeness (QED) is 0.613. The summed E-state index contributed by atoms with van der Waals surface area (Å²) < 4.78 is 0. The van der Waals surface area contributed by atoms with Crippen molar-refractivity contribution >= 4 is 9.24 Å². The number of hydrogen-bond acceptors (Lipinski definition) is 1. The van der Waals surface area contributed by atoms with Crippen LogP contribution in [0, 0.1) is 5.92 Å². The van der Waals surface area contributed by atoms with Gasteiger partial charge in [0.15, 0.2) is 0 Å². The Labute approximate surface area is 91.8 Å². The predicted octanol–water partition coefficient (Wildman–Crippen LogP) is 3.50. The molecule has 0 aliphatic carbocycles. The molecule has 1 aliphatic heterocycles. The van der Waals surface area contributed by atoms with Crippen LogP contribution in [0.2, 0.25) is 0 Å². The van der Waals surface area contributed by atoms with Gasteiger partial charge in [-0.1, -0.05) is 26.7 Å². The van der Waals surface area contributed by atoms with Crippen LogP contribution in [0.1, 0.15) is 52.4 Å². The third kappa shape index (κ3) is 3.51. The van der Waals surface area contributed by atoms with Gasteiger partial charge in [0, 0.05) is 12.3 Å². The molecule has 84 valence electrons. The first kappa shape index (κ1) is 12.5. The van der Waals surface area contributed by atoms with Crippen LogP contribution in [0.25, 0.3) is 0 Å². The molecule has 1 aliphatic rings. The van der Waals surface area contributed by atoms with Crippen molar-refractivity contribution in [1.29, 1.82) is 0 Å². The van der Waals surface area contributed by atoms with E-state index in [1.54, 1.807) is 0 Å². The summed E-state index contributed by atoms with van der Waals surface area (Å²) in [6, 6.07) is 0.896. The molecule has 0 aromatic carbocycles. The van der Waals surface area contributed by atoms with E-state index in [4.69, 9.17) is 0 Å². The average molecular weight is 215 g/mol. The summed E-state index contributed by atoms with van der Waals surface area (Å²) in [6.07, 6.45) is 9.64. The first-order valence-corrected chi connectivity index (χ1v) is 7.07. The van der Waals surface area contributed by atoms with Crippen LogP contribution in [0.3, 0.4) is 0 Å². The highest BCUT2D eigenvalue weighted by Crippen LogP contribution is 2.25. The molecule has 1 heterocycles. The van der Waals surface area contributed by atoms with Gasteiger partial charge >= 0.3 is 0 Å². The lowest BCUT2D eigenvalue weighted by atomic mass is 9.94. The van der Waals surface area contributed by atoms with E-state index in [1.807, 2.05) is 0 Å². The van der Waals surface area contributed by atoms with Crippen LogP contribution in [0.15, 0.2) is 0 Å². The molecule has 2 unspecified atom stereocenters. The summed E-state index contributed by atoms with van der Waals surface area (Å²) in [6.45, 7) is 5.99. The van der Waals surface area contributed by atoms with E-state index in [9.17, 15) is 0 Å². The van der Waals surface area contributed by atoms with Gasteiger partial charge in [0.1, 0.15) is 0 Å². The SMILES string of the molecule is CCC(CC)CCC1CCCN1CP. The zero-order valence-corrected chi connectivity index (χ0v) is 11.0. The van der Waals surface area contributed by atoms with Gasteiger partial charge in [-0.15, -0.1) is 9.24 Å². The molecular weight excluding hydrogens is 189 g/mol. The van der Waals surface area contributed by atoms with Crippen LogP contribution in [-0.4, -0.2) is 23.8 Å². The van der Waals surface area contributed by atoms with E-state index >= 15 is 0 Å². The molecule has 0 amide bonds. The topological polar surface area (TPSA) is 3.24 Å². The molecule has 2 heteroatoms. The maximum Gasteiger partial charge on any atom is 0.0129 e. The Kier molecular flexibility index (Phi) is 6.05. The largest absolute Gasteiger partial charge is 0.297 e. The number of rotatable bonds is 6. The fourth-order valence-corrected chi connectivity index (χ4v) is 3.07. The highest BCUT2D eigenvalue weighted by molar-refractivity contribution is 7.16. The number of likely N-dealkylation sites (tertiary alicyclic amines) is 1. The Morgan fingerprint density at radius 1 is 1.36 bits per heavy atom. The van der Waals surface area contributed by atoms with E-state index in [0.29, 0.717) is 0 Å². The molecule has 0 spiro atoms. The lowest BCUT2D eigenvalue weighted by molar-refractivity contribution is 0.263. The van der Waals surface area contributed by atoms with Gasteiger partial charge < -0.3 is 0 Å². The Morgan fingerprint density at radius 2 is 2.07 bits per heavy atom. The van der Waals surface area contributed by atoms with Crippen molar-refractivity contribution in [1.82, 2.24) is 4.90 Å². The van der Waals surface area contributed by atoms with Crippen LogP contribution in [-0.2, 0) is 0 Å². The van der Waals surface area contributed by atoms with Crippen molar-refractivity contribution in [3.8, 4) is 0 Å². The van der Waals surface area contributed by atoms with Gasteiger partial charge in [-0.25, -0.2) is 0 Å². The highest BCUT2D eigenvalue weighted by atomic mass is 31.0. The maximum atomic E-state index is 2.87. The molecule has 0 saturated carbocycles. The van der Waals surface area contributed by atoms with E-state index < -0.39 is 0 Å². The van der Waals surface area contributed by atoms with Crippen LogP contribution in [0.5, 0.6) is 0 Å². The lowest BCUT2D eigenvalue weighted by Gasteiger charge is -2.24. The minimum atomic E-state index is 0.896. The minimum absolute atomic E-state index is 0.896. The second kappa shape index (κ2) is 6.80. The van der Waals surface area contributed by atoms with Gasteiger partial charge in [-0.2, -0.15) is 0 Å². The smallest absolute Gasteiger partial charge is 0.0129 e. The van der Waals surface area contributed by atoms with Crippen molar-refractivity contribution < 1.29 is 0 Å². The van der Waals surface area contributed by atoms with Crippen molar-refractivity contribution in [3.63, 3.8) is 0 Å². The third-order valence-electron chi connectivity index (χ3n) is 3.80. The molecule has 0 N–H and O–H groups in total. The normalized spacial score (nSPS) is 23.6. The summed E-state index contributed by atoms with van der Waals surface area (Å²) in [4.78, 5) is 2.63. The molecule has 1 saturated heterocycles. The van der Waals surface area contributed by atoms with E-state index in [0.717, 1.165) is 12.0 Å². The van der Waals surface area contributed by atoms with Crippen molar-refractivity contribution in [3.05, 3.63) is 0 Å². The molecule has 1 fully saturated rings. The van der Waals surface area contributed by atoms with Crippen LogP contribution < -0.4 is 0 Å². The summed E-state index contributed by atoms with van der Waals surface area (Å²) in [7, 11) is 2.87. The van der Waals surface area contributed by atoms with Gasteiger partial charge in [-0.3, -0.25) is 4.90 Å². The zero-order chi connectivity index (χ0) is 10.4. The van der Waals surface area contributed by atoms with Gasteiger partial charge in [0.25, 0.3) is 0 Å². The molecular formula is C12H26NP.